The molecular weight excluding hydrogens is 280 g/mol. The van der Waals surface area contributed by atoms with Gasteiger partial charge in [0.15, 0.2) is 0 Å². The highest BCUT2D eigenvalue weighted by atomic mass is 16.3. The number of aromatic nitrogens is 1. The van der Waals surface area contributed by atoms with Crippen molar-refractivity contribution in [3.63, 3.8) is 0 Å². The van der Waals surface area contributed by atoms with Crippen molar-refractivity contribution in [2.45, 2.75) is 19.4 Å². The van der Waals surface area contributed by atoms with Crippen LogP contribution in [0.25, 0.3) is 0 Å². The summed E-state index contributed by atoms with van der Waals surface area (Å²) in [5.74, 6) is -0.390. The third kappa shape index (κ3) is 3.43. The topological polar surface area (TPSA) is 71.3 Å². The van der Waals surface area contributed by atoms with Crippen LogP contribution < -0.4 is 10.9 Å². The molecule has 2 N–H and O–H groups in total. The maximum atomic E-state index is 12.3. The van der Waals surface area contributed by atoms with Gasteiger partial charge in [-0.15, -0.1) is 0 Å². The summed E-state index contributed by atoms with van der Waals surface area (Å²) < 4.78 is 1.28. The van der Waals surface area contributed by atoms with Crippen LogP contribution in [0, 0.1) is 0 Å². The normalized spacial score (nSPS) is 12.0. The Morgan fingerprint density at radius 1 is 1.23 bits per heavy atom. The monoisotopic (exact) mass is 300 g/mol. The molecular formula is C17H20N2O3. The van der Waals surface area contributed by atoms with Crippen molar-refractivity contribution in [2.24, 2.45) is 7.05 Å². The average Bonchev–Trinajstić information content (AvgIpc) is 2.55. The molecule has 2 rings (SSSR count). The Kier molecular flexibility index (Phi) is 5.12. The number of carbonyl (C=O) groups is 1. The first-order chi connectivity index (χ1) is 10.6. The van der Waals surface area contributed by atoms with Crippen LogP contribution in [-0.2, 0) is 13.5 Å². The van der Waals surface area contributed by atoms with Gasteiger partial charge < -0.3 is 15.0 Å². The number of carbonyl (C=O) groups excluding carboxylic acids is 1. The Morgan fingerprint density at radius 2 is 1.91 bits per heavy atom. The molecule has 0 bridgehead atoms. The summed E-state index contributed by atoms with van der Waals surface area (Å²) in [6.07, 6.45) is 0.933. The second-order valence-electron chi connectivity index (χ2n) is 5.11. The number of aryl methyl sites for hydroxylation is 1. The molecule has 0 aliphatic carbocycles. The van der Waals surface area contributed by atoms with E-state index in [4.69, 9.17) is 0 Å². The zero-order chi connectivity index (χ0) is 16.1. The van der Waals surface area contributed by atoms with Crippen molar-refractivity contribution in [3.05, 3.63) is 69.6 Å². The van der Waals surface area contributed by atoms with Gasteiger partial charge in [0, 0.05) is 13.1 Å². The molecule has 1 amide bonds. The highest BCUT2D eigenvalue weighted by Gasteiger charge is 2.16. The number of aliphatic hydroxyl groups is 1. The van der Waals surface area contributed by atoms with Crippen LogP contribution in [0.1, 0.15) is 34.6 Å². The Balaban J connectivity index is 2.20. The molecule has 0 spiro atoms. The average molecular weight is 300 g/mol. The van der Waals surface area contributed by atoms with Crippen LogP contribution in [0.4, 0.5) is 0 Å². The maximum absolute atomic E-state index is 12.3. The highest BCUT2D eigenvalue weighted by Crippen LogP contribution is 2.14. The summed E-state index contributed by atoms with van der Waals surface area (Å²) in [4.78, 5) is 23.9. The Bertz CT molecular complexity index is 705. The number of nitrogens with one attached hydrogen (secondary N) is 1. The molecule has 1 atom stereocenters. The van der Waals surface area contributed by atoms with Gasteiger partial charge in [-0.25, -0.2) is 0 Å². The molecule has 0 saturated carbocycles. The number of pyridine rings is 1. The SMILES string of the molecule is CCc1ccc(C(CO)NC(=O)c2cccc(=O)n2C)cc1. The minimum Gasteiger partial charge on any atom is -0.394 e. The van der Waals surface area contributed by atoms with Crippen LogP contribution in [0.3, 0.4) is 0 Å². The number of rotatable bonds is 5. The van der Waals surface area contributed by atoms with Crippen LogP contribution >= 0.6 is 0 Å². The Hall–Kier alpha value is -2.40. The molecule has 0 radical (unpaired) electrons. The lowest BCUT2D eigenvalue weighted by molar-refractivity contribution is 0.0906. The van der Waals surface area contributed by atoms with E-state index in [0.717, 1.165) is 12.0 Å². The lowest BCUT2D eigenvalue weighted by Crippen LogP contribution is -2.34. The lowest BCUT2D eigenvalue weighted by Gasteiger charge is -2.18. The van der Waals surface area contributed by atoms with Gasteiger partial charge in [-0.1, -0.05) is 37.3 Å². The minimum atomic E-state index is -0.506. The summed E-state index contributed by atoms with van der Waals surface area (Å²) in [7, 11) is 1.54. The first kappa shape index (κ1) is 16.0. The summed E-state index contributed by atoms with van der Waals surface area (Å²) in [6.45, 7) is 1.86. The van der Waals surface area contributed by atoms with Gasteiger partial charge >= 0.3 is 0 Å². The van der Waals surface area contributed by atoms with E-state index in [1.807, 2.05) is 24.3 Å². The fourth-order valence-electron chi connectivity index (χ4n) is 2.24. The smallest absolute Gasteiger partial charge is 0.268 e. The third-order valence-electron chi connectivity index (χ3n) is 3.70. The standard InChI is InChI=1S/C17H20N2O3/c1-3-12-7-9-13(10-8-12)14(11-20)18-17(22)15-5-4-6-16(21)19(15)2/h4-10,14,20H,3,11H2,1-2H3,(H,18,22). The van der Waals surface area contributed by atoms with Crippen molar-refractivity contribution < 1.29 is 9.90 Å². The maximum Gasteiger partial charge on any atom is 0.268 e. The predicted molar refractivity (Wildman–Crippen MR) is 84.8 cm³/mol. The fraction of sp³-hybridized carbons (Fsp3) is 0.294. The molecule has 0 aliphatic rings. The number of amides is 1. The van der Waals surface area contributed by atoms with E-state index in [0.29, 0.717) is 0 Å². The Labute approximate surface area is 129 Å². The first-order valence-corrected chi connectivity index (χ1v) is 7.23. The van der Waals surface area contributed by atoms with E-state index < -0.39 is 6.04 Å². The number of nitrogens with zero attached hydrogens (tertiary/aromatic N) is 1. The molecule has 1 heterocycles. The Morgan fingerprint density at radius 3 is 2.50 bits per heavy atom. The van der Waals surface area contributed by atoms with Gasteiger partial charge in [0.05, 0.1) is 12.6 Å². The number of hydrogen-bond acceptors (Lipinski definition) is 3. The molecule has 22 heavy (non-hydrogen) atoms. The molecule has 1 aromatic heterocycles. The van der Waals surface area contributed by atoms with E-state index in [-0.39, 0.29) is 23.8 Å². The van der Waals surface area contributed by atoms with Crippen molar-refractivity contribution >= 4 is 5.91 Å². The van der Waals surface area contributed by atoms with Crippen molar-refractivity contribution in [1.29, 1.82) is 0 Å². The second kappa shape index (κ2) is 7.04. The molecule has 2 aromatic rings. The molecule has 1 aromatic carbocycles. The van der Waals surface area contributed by atoms with Crippen molar-refractivity contribution in [3.8, 4) is 0 Å². The summed E-state index contributed by atoms with van der Waals surface area (Å²) in [5, 5.41) is 12.3. The molecule has 116 valence electrons. The molecule has 0 saturated heterocycles. The van der Waals surface area contributed by atoms with E-state index >= 15 is 0 Å². The van der Waals surface area contributed by atoms with Gasteiger partial charge in [-0.2, -0.15) is 0 Å². The zero-order valence-corrected chi connectivity index (χ0v) is 12.7. The van der Waals surface area contributed by atoms with E-state index in [1.165, 1.54) is 16.2 Å². The predicted octanol–water partition coefficient (Wildman–Crippen LogP) is 1.41. The minimum absolute atomic E-state index is 0.210. The molecule has 5 heteroatoms. The van der Waals surface area contributed by atoms with E-state index in [1.54, 1.807) is 19.2 Å². The van der Waals surface area contributed by atoms with Crippen molar-refractivity contribution in [2.75, 3.05) is 6.61 Å². The van der Waals surface area contributed by atoms with Gasteiger partial charge in [-0.3, -0.25) is 9.59 Å². The van der Waals surface area contributed by atoms with Gasteiger partial charge in [0.25, 0.3) is 11.5 Å². The fourth-order valence-corrected chi connectivity index (χ4v) is 2.24. The van der Waals surface area contributed by atoms with Crippen LogP contribution in [0.5, 0.6) is 0 Å². The number of aliphatic hydroxyl groups excluding tert-OH is 1. The third-order valence-corrected chi connectivity index (χ3v) is 3.70. The zero-order valence-electron chi connectivity index (χ0n) is 12.7. The van der Waals surface area contributed by atoms with Crippen LogP contribution in [-0.4, -0.2) is 22.2 Å². The molecule has 5 nitrogen and oxygen atoms in total. The van der Waals surface area contributed by atoms with E-state index in [9.17, 15) is 14.7 Å². The second-order valence-corrected chi connectivity index (χ2v) is 5.11. The van der Waals surface area contributed by atoms with Crippen LogP contribution in [0.2, 0.25) is 0 Å². The van der Waals surface area contributed by atoms with Gasteiger partial charge in [-0.05, 0) is 23.6 Å². The highest BCUT2D eigenvalue weighted by molar-refractivity contribution is 5.92. The summed E-state index contributed by atoms with van der Waals surface area (Å²) in [5.41, 5.74) is 2.03. The van der Waals surface area contributed by atoms with Crippen molar-refractivity contribution in [1.82, 2.24) is 9.88 Å². The number of hydrogen-bond donors (Lipinski definition) is 2. The summed E-state index contributed by atoms with van der Waals surface area (Å²) in [6, 6.07) is 11.7. The quantitative estimate of drug-likeness (QED) is 0.877. The largest absolute Gasteiger partial charge is 0.394 e. The van der Waals surface area contributed by atoms with Gasteiger partial charge in [0.2, 0.25) is 0 Å². The van der Waals surface area contributed by atoms with E-state index in [2.05, 4.69) is 12.2 Å². The first-order valence-electron chi connectivity index (χ1n) is 7.23. The lowest BCUT2D eigenvalue weighted by atomic mass is 10.0. The molecule has 0 fully saturated rings. The molecule has 1 unspecified atom stereocenters. The number of benzene rings is 1. The molecule has 0 aliphatic heterocycles. The summed E-state index contributed by atoms with van der Waals surface area (Å²) >= 11 is 0. The van der Waals surface area contributed by atoms with Crippen LogP contribution in [0.15, 0.2) is 47.3 Å². The van der Waals surface area contributed by atoms with Gasteiger partial charge in [0.1, 0.15) is 5.69 Å².